The van der Waals surface area contributed by atoms with Crippen LogP contribution < -0.4 is 0 Å². The zero-order valence-corrected chi connectivity index (χ0v) is 11.2. The second-order valence-corrected chi connectivity index (χ2v) is 4.25. The molecule has 0 unspecified atom stereocenters. The fourth-order valence-corrected chi connectivity index (χ4v) is 0.580. The molecule has 0 spiro atoms. The number of carbonyl (C=O) groups is 2. The molecule has 0 atom stereocenters. The predicted octanol–water partition coefficient (Wildman–Crippen LogP) is 1.68. The zero-order valence-electron chi connectivity index (χ0n) is 11.2. The topological polar surface area (TPSA) is 137 Å². The average Bonchev–Trinajstić information content (AvgIpc) is 2.33. The number of hydrogen-bond donors (Lipinski definition) is 0. The van der Waals surface area contributed by atoms with E-state index in [1.165, 1.54) is 27.7 Å². The normalized spacial score (nSPS) is 10.7. The fraction of sp³-hybridized carbons (Fsp3) is 0.600. The Labute approximate surface area is 114 Å². The van der Waals surface area contributed by atoms with Crippen molar-refractivity contribution in [3.05, 3.63) is 0 Å². The van der Waals surface area contributed by atoms with Crippen LogP contribution in [0.1, 0.15) is 27.7 Å². The molecule has 0 heterocycles. The van der Waals surface area contributed by atoms with E-state index in [-0.39, 0.29) is 0 Å². The fourth-order valence-electron chi connectivity index (χ4n) is 0.580. The summed E-state index contributed by atoms with van der Waals surface area (Å²) in [6.45, 7) is 5.19. The third-order valence-corrected chi connectivity index (χ3v) is 1.45. The molecule has 20 heavy (non-hydrogen) atoms. The van der Waals surface area contributed by atoms with Crippen LogP contribution in [0.3, 0.4) is 0 Å². The number of hydrogen-bond acceptors (Lipinski definition) is 10. The molecule has 0 amide bonds. The van der Waals surface area contributed by atoms with Gasteiger partial charge in [0.25, 0.3) is 0 Å². The number of carbonyl (C=O) groups excluding carboxylic acids is 2. The highest BCUT2D eigenvalue weighted by molar-refractivity contribution is 5.60. The van der Waals surface area contributed by atoms with Gasteiger partial charge in [-0.05, 0) is 27.7 Å². The minimum atomic E-state index is -1.43. The molecule has 110 valence electrons. The van der Waals surface area contributed by atoms with Gasteiger partial charge in [0, 0.05) is 10.1 Å². The van der Waals surface area contributed by atoms with E-state index in [9.17, 15) is 9.59 Å². The van der Waals surface area contributed by atoms with Gasteiger partial charge in [0.2, 0.25) is 0 Å². The highest BCUT2D eigenvalue weighted by Crippen LogP contribution is 2.10. The Morgan fingerprint density at radius 1 is 0.800 bits per heavy atom. The molecule has 0 aliphatic carbocycles. The lowest BCUT2D eigenvalue weighted by Crippen LogP contribution is -2.27. The van der Waals surface area contributed by atoms with Crippen LogP contribution in [0, 0.1) is 22.7 Å². The summed E-state index contributed by atoms with van der Waals surface area (Å²) in [5.74, 6) is 0. The van der Waals surface area contributed by atoms with Crippen molar-refractivity contribution >= 4 is 12.3 Å². The number of rotatable bonds is 5. The van der Waals surface area contributed by atoms with E-state index in [0.29, 0.717) is 0 Å². The monoisotopic (exact) mass is 288 g/mol. The maximum atomic E-state index is 10.9. The molecule has 0 aromatic carbocycles. The van der Waals surface area contributed by atoms with E-state index in [0.717, 1.165) is 0 Å². The van der Waals surface area contributed by atoms with E-state index in [4.69, 9.17) is 10.5 Å². The summed E-state index contributed by atoms with van der Waals surface area (Å²) in [5.41, 5.74) is -2.87. The Balaban J connectivity index is 3.89. The average molecular weight is 288 g/mol. The van der Waals surface area contributed by atoms with Gasteiger partial charge in [-0.3, -0.25) is 0 Å². The molecular weight excluding hydrogens is 276 g/mol. The predicted molar refractivity (Wildman–Crippen MR) is 56.7 cm³/mol. The maximum absolute atomic E-state index is 10.9. The van der Waals surface area contributed by atoms with Crippen molar-refractivity contribution in [1.82, 2.24) is 0 Å². The molecule has 10 nitrogen and oxygen atoms in total. The van der Waals surface area contributed by atoms with E-state index in [1.54, 1.807) is 12.1 Å². The van der Waals surface area contributed by atoms with Gasteiger partial charge in [0.15, 0.2) is 11.2 Å². The zero-order chi connectivity index (χ0) is 15.8. The van der Waals surface area contributed by atoms with E-state index in [1.807, 2.05) is 0 Å². The van der Waals surface area contributed by atoms with Crippen LogP contribution in [0.5, 0.6) is 0 Å². The summed E-state index contributed by atoms with van der Waals surface area (Å²) in [6, 6.07) is 3.32. The SMILES string of the molecule is CC(C)(C#N)OC(=O)OOOOC(=O)OC(C)(C)C#N. The van der Waals surface area contributed by atoms with Crippen LogP contribution in [0.25, 0.3) is 0 Å². The Morgan fingerprint density at radius 3 is 1.35 bits per heavy atom. The summed E-state index contributed by atoms with van der Waals surface area (Å²) in [7, 11) is 0. The largest absolute Gasteiger partial charge is 0.544 e. The number of ether oxygens (including phenoxy) is 2. The van der Waals surface area contributed by atoms with Crippen molar-refractivity contribution in [3.63, 3.8) is 0 Å². The van der Waals surface area contributed by atoms with Crippen molar-refractivity contribution in [2.75, 3.05) is 0 Å². The molecule has 0 fully saturated rings. The number of nitriles is 2. The molecule has 0 aromatic heterocycles. The Kier molecular flexibility index (Phi) is 6.22. The van der Waals surface area contributed by atoms with Crippen LogP contribution in [0.4, 0.5) is 9.59 Å². The van der Waals surface area contributed by atoms with E-state index >= 15 is 0 Å². The maximum Gasteiger partial charge on any atom is 0.544 e. The van der Waals surface area contributed by atoms with Crippen LogP contribution in [0.2, 0.25) is 0 Å². The molecule has 10 heteroatoms. The van der Waals surface area contributed by atoms with E-state index < -0.39 is 23.5 Å². The van der Waals surface area contributed by atoms with Gasteiger partial charge in [-0.1, -0.05) is 0 Å². The van der Waals surface area contributed by atoms with Crippen molar-refractivity contribution in [3.8, 4) is 12.1 Å². The summed E-state index contributed by atoms with van der Waals surface area (Å²) >= 11 is 0. The molecule has 0 aliphatic heterocycles. The first kappa shape index (κ1) is 17.4. The molecule has 0 aliphatic rings. The lowest BCUT2D eigenvalue weighted by Gasteiger charge is -2.15. The third-order valence-electron chi connectivity index (χ3n) is 1.45. The van der Waals surface area contributed by atoms with Gasteiger partial charge in [0.05, 0.1) is 0 Å². The van der Waals surface area contributed by atoms with E-state index in [2.05, 4.69) is 29.3 Å². The second kappa shape index (κ2) is 7.13. The summed E-state index contributed by atoms with van der Waals surface area (Å²) in [6.07, 6.45) is -2.79. The standard InChI is InChI=1S/C10H12N2O8/c1-9(2,5-11)15-7(13)17-19-20-18-8(14)16-10(3,4)6-12/h1-4H3. The first-order valence-electron chi connectivity index (χ1n) is 5.08. The minimum Gasteiger partial charge on any atom is -0.411 e. The molecular formula is C10H12N2O8. The van der Waals surface area contributed by atoms with Crippen molar-refractivity contribution in [2.45, 2.75) is 38.9 Å². The first-order chi connectivity index (χ1) is 9.12. The van der Waals surface area contributed by atoms with Gasteiger partial charge >= 0.3 is 12.3 Å². The first-order valence-corrected chi connectivity index (χ1v) is 5.08. The Hall–Kier alpha value is -2.56. The van der Waals surface area contributed by atoms with Crippen molar-refractivity contribution in [2.24, 2.45) is 0 Å². The molecule has 0 rings (SSSR count). The van der Waals surface area contributed by atoms with Gasteiger partial charge < -0.3 is 9.47 Å². The smallest absolute Gasteiger partial charge is 0.411 e. The lowest BCUT2D eigenvalue weighted by atomic mass is 10.2. The lowest BCUT2D eigenvalue weighted by molar-refractivity contribution is -0.601. The van der Waals surface area contributed by atoms with Crippen LogP contribution in [-0.4, -0.2) is 23.5 Å². The van der Waals surface area contributed by atoms with Crippen molar-refractivity contribution in [1.29, 1.82) is 10.5 Å². The Bertz CT molecular complexity index is 403. The van der Waals surface area contributed by atoms with Gasteiger partial charge in [-0.25, -0.2) is 19.4 Å². The molecule has 0 aromatic rings. The molecule has 0 saturated heterocycles. The Morgan fingerprint density at radius 2 is 1.10 bits per heavy atom. The molecule has 0 saturated carbocycles. The quantitative estimate of drug-likeness (QED) is 0.317. The minimum absolute atomic E-state index is 1.30. The molecule has 0 radical (unpaired) electrons. The van der Waals surface area contributed by atoms with Gasteiger partial charge in [-0.15, -0.1) is 0 Å². The second-order valence-electron chi connectivity index (χ2n) is 4.25. The van der Waals surface area contributed by atoms with Crippen molar-refractivity contribution < 1.29 is 38.9 Å². The van der Waals surface area contributed by atoms with Crippen LogP contribution in [0.15, 0.2) is 0 Å². The third kappa shape index (κ3) is 7.71. The molecule has 0 bridgehead atoms. The van der Waals surface area contributed by atoms with Crippen LogP contribution in [-0.2, 0) is 29.3 Å². The number of nitrogens with zero attached hydrogens (tertiary/aromatic N) is 2. The summed E-state index contributed by atoms with van der Waals surface area (Å²) in [5, 5.41) is 24.5. The van der Waals surface area contributed by atoms with Crippen LogP contribution >= 0.6 is 0 Å². The summed E-state index contributed by atoms with van der Waals surface area (Å²) in [4.78, 5) is 29.6. The molecule has 0 N–H and O–H groups in total. The van der Waals surface area contributed by atoms with Gasteiger partial charge in [0.1, 0.15) is 12.1 Å². The summed E-state index contributed by atoms with van der Waals surface area (Å²) < 4.78 is 8.90. The highest BCUT2D eigenvalue weighted by atomic mass is 17.7. The van der Waals surface area contributed by atoms with Gasteiger partial charge in [-0.2, -0.15) is 10.5 Å². The highest BCUT2D eigenvalue weighted by Gasteiger charge is 2.25.